The molecule has 2 amide bonds. The van der Waals surface area contributed by atoms with Gasteiger partial charge in [0.2, 0.25) is 0 Å². The second-order valence-corrected chi connectivity index (χ2v) is 5.93. The summed E-state index contributed by atoms with van der Waals surface area (Å²) < 4.78 is 0. The van der Waals surface area contributed by atoms with Gasteiger partial charge in [0.15, 0.2) is 0 Å². The fourth-order valence-corrected chi connectivity index (χ4v) is 1.72. The predicted molar refractivity (Wildman–Crippen MR) is 74.1 cm³/mol. The first-order valence-electron chi connectivity index (χ1n) is 6.41. The number of amides is 2. The monoisotopic (exact) mass is 282 g/mol. The lowest BCUT2D eigenvalue weighted by Gasteiger charge is -2.32. The van der Waals surface area contributed by atoms with Crippen LogP contribution >= 0.6 is 0 Å². The van der Waals surface area contributed by atoms with Crippen molar-refractivity contribution >= 4 is 12.0 Å². The highest BCUT2D eigenvalue weighted by molar-refractivity contribution is 5.75. The average molecular weight is 282 g/mol. The lowest BCUT2D eigenvalue weighted by Crippen LogP contribution is -2.49. The van der Waals surface area contributed by atoms with Crippen molar-refractivity contribution in [1.29, 1.82) is 0 Å². The summed E-state index contributed by atoms with van der Waals surface area (Å²) in [4.78, 5) is 24.5. The number of carbonyl (C=O) groups excluding carboxylic acids is 1. The largest absolute Gasteiger partial charge is 0.481 e. The number of H-pyrrole nitrogens is 1. The highest BCUT2D eigenvalue weighted by Gasteiger charge is 2.29. The van der Waals surface area contributed by atoms with Gasteiger partial charge in [0.1, 0.15) is 0 Å². The Morgan fingerprint density at radius 3 is 2.60 bits per heavy atom. The number of aromatic nitrogens is 2. The van der Waals surface area contributed by atoms with E-state index in [0.717, 1.165) is 5.56 Å². The van der Waals surface area contributed by atoms with Crippen LogP contribution in [0.5, 0.6) is 0 Å². The quantitative estimate of drug-likeness (QED) is 0.761. The second kappa shape index (κ2) is 6.40. The van der Waals surface area contributed by atoms with Gasteiger partial charge >= 0.3 is 12.0 Å². The van der Waals surface area contributed by atoms with Crippen molar-refractivity contribution in [3.8, 4) is 0 Å². The molecule has 1 rings (SSSR count). The number of urea groups is 1. The van der Waals surface area contributed by atoms with Crippen LogP contribution in [-0.2, 0) is 11.3 Å². The zero-order chi connectivity index (χ0) is 15.3. The molecule has 0 aliphatic carbocycles. The molecule has 0 fully saturated rings. The van der Waals surface area contributed by atoms with Gasteiger partial charge < -0.3 is 15.3 Å². The van der Waals surface area contributed by atoms with Crippen molar-refractivity contribution in [3.05, 3.63) is 18.0 Å². The molecule has 1 aromatic heterocycles. The standard InChI is InChI=1S/C13H22N4O3/c1-13(2,3)10(5-11(18)19)16-12(20)17(4)8-9-6-14-15-7-9/h6-7,10H,5,8H2,1-4H3,(H,14,15)(H,16,20)(H,18,19). The molecule has 0 radical (unpaired) electrons. The van der Waals surface area contributed by atoms with E-state index in [-0.39, 0.29) is 17.9 Å². The molecule has 7 nitrogen and oxygen atoms in total. The summed E-state index contributed by atoms with van der Waals surface area (Å²) >= 11 is 0. The van der Waals surface area contributed by atoms with E-state index < -0.39 is 12.0 Å². The van der Waals surface area contributed by atoms with Crippen LogP contribution in [0.15, 0.2) is 12.4 Å². The van der Waals surface area contributed by atoms with Gasteiger partial charge in [-0.05, 0) is 5.41 Å². The van der Waals surface area contributed by atoms with Crippen LogP contribution in [0.2, 0.25) is 0 Å². The summed E-state index contributed by atoms with van der Waals surface area (Å²) in [6.45, 7) is 6.11. The number of rotatable bonds is 5. The molecule has 0 saturated heterocycles. The number of carboxylic acids is 1. The first kappa shape index (κ1) is 16.0. The van der Waals surface area contributed by atoms with E-state index in [1.54, 1.807) is 19.4 Å². The van der Waals surface area contributed by atoms with Crippen LogP contribution in [0.1, 0.15) is 32.8 Å². The zero-order valence-electron chi connectivity index (χ0n) is 12.3. The van der Waals surface area contributed by atoms with Crippen LogP contribution in [-0.4, -0.2) is 45.3 Å². The molecule has 0 spiro atoms. The third-order valence-corrected chi connectivity index (χ3v) is 3.04. The van der Waals surface area contributed by atoms with Crippen molar-refractivity contribution < 1.29 is 14.7 Å². The summed E-state index contributed by atoms with van der Waals surface area (Å²) in [7, 11) is 1.66. The fourth-order valence-electron chi connectivity index (χ4n) is 1.72. The Balaban J connectivity index is 2.63. The first-order valence-corrected chi connectivity index (χ1v) is 6.41. The van der Waals surface area contributed by atoms with Gasteiger partial charge in [-0.1, -0.05) is 20.8 Å². The van der Waals surface area contributed by atoms with Crippen molar-refractivity contribution in [3.63, 3.8) is 0 Å². The third-order valence-electron chi connectivity index (χ3n) is 3.04. The van der Waals surface area contributed by atoms with Gasteiger partial charge in [0.05, 0.1) is 19.2 Å². The number of aromatic amines is 1. The third kappa shape index (κ3) is 4.91. The van der Waals surface area contributed by atoms with Crippen LogP contribution in [0.3, 0.4) is 0 Å². The Morgan fingerprint density at radius 1 is 1.50 bits per heavy atom. The normalized spacial score (nSPS) is 12.8. The smallest absolute Gasteiger partial charge is 0.317 e. The molecular formula is C13H22N4O3. The Hall–Kier alpha value is -2.05. The SMILES string of the molecule is CN(Cc1cn[nH]c1)C(=O)NC(CC(=O)O)C(C)(C)C. The summed E-state index contributed by atoms with van der Waals surface area (Å²) in [6, 6.07) is -0.730. The van der Waals surface area contributed by atoms with Crippen LogP contribution in [0.4, 0.5) is 4.79 Å². The van der Waals surface area contributed by atoms with Crippen molar-refractivity contribution in [2.24, 2.45) is 5.41 Å². The van der Waals surface area contributed by atoms with Crippen molar-refractivity contribution in [2.75, 3.05) is 7.05 Å². The highest BCUT2D eigenvalue weighted by atomic mass is 16.4. The highest BCUT2D eigenvalue weighted by Crippen LogP contribution is 2.22. The van der Waals surface area contributed by atoms with E-state index >= 15 is 0 Å². The zero-order valence-corrected chi connectivity index (χ0v) is 12.3. The Kier molecular flexibility index (Phi) is 5.12. The molecule has 20 heavy (non-hydrogen) atoms. The molecule has 1 atom stereocenters. The lowest BCUT2D eigenvalue weighted by molar-refractivity contribution is -0.138. The number of carboxylic acid groups (broad SMARTS) is 1. The number of carbonyl (C=O) groups is 2. The Morgan fingerprint density at radius 2 is 2.15 bits per heavy atom. The molecule has 0 aliphatic heterocycles. The summed E-state index contributed by atoms with van der Waals surface area (Å²) in [5.41, 5.74) is 0.554. The lowest BCUT2D eigenvalue weighted by atomic mass is 9.85. The Bertz CT molecular complexity index is 451. The number of hydrogen-bond donors (Lipinski definition) is 3. The van der Waals surface area contributed by atoms with E-state index in [2.05, 4.69) is 15.5 Å². The molecule has 3 N–H and O–H groups in total. The van der Waals surface area contributed by atoms with Gasteiger partial charge in [-0.2, -0.15) is 5.10 Å². The molecule has 0 aromatic carbocycles. The molecule has 7 heteroatoms. The number of aliphatic carboxylic acids is 1. The first-order chi connectivity index (χ1) is 9.20. The molecule has 1 heterocycles. The van der Waals surface area contributed by atoms with E-state index in [0.29, 0.717) is 6.54 Å². The summed E-state index contributed by atoms with van der Waals surface area (Å²) in [5.74, 6) is -0.928. The van der Waals surface area contributed by atoms with Gasteiger partial charge in [-0.3, -0.25) is 9.89 Å². The maximum absolute atomic E-state index is 12.1. The minimum atomic E-state index is -0.928. The van der Waals surface area contributed by atoms with Crippen molar-refractivity contribution in [1.82, 2.24) is 20.4 Å². The number of nitrogens with zero attached hydrogens (tertiary/aromatic N) is 2. The maximum Gasteiger partial charge on any atom is 0.317 e. The summed E-state index contributed by atoms with van der Waals surface area (Å²) in [5, 5.41) is 18.2. The Labute approximate surface area is 118 Å². The molecule has 112 valence electrons. The van der Waals surface area contributed by atoms with E-state index in [1.807, 2.05) is 20.8 Å². The van der Waals surface area contributed by atoms with Gasteiger partial charge in [0, 0.05) is 24.8 Å². The van der Waals surface area contributed by atoms with Gasteiger partial charge in [0.25, 0.3) is 0 Å². The van der Waals surface area contributed by atoms with Gasteiger partial charge in [-0.15, -0.1) is 0 Å². The number of hydrogen-bond acceptors (Lipinski definition) is 3. The second-order valence-electron chi connectivity index (χ2n) is 5.93. The predicted octanol–water partition coefficient (Wildman–Crippen LogP) is 1.44. The van der Waals surface area contributed by atoms with Crippen LogP contribution in [0.25, 0.3) is 0 Å². The molecular weight excluding hydrogens is 260 g/mol. The van der Waals surface area contributed by atoms with E-state index in [1.165, 1.54) is 4.90 Å². The fraction of sp³-hybridized carbons (Fsp3) is 0.615. The topological polar surface area (TPSA) is 98.3 Å². The van der Waals surface area contributed by atoms with Crippen molar-refractivity contribution in [2.45, 2.75) is 39.8 Å². The minimum absolute atomic E-state index is 0.102. The summed E-state index contributed by atoms with van der Waals surface area (Å²) in [6.07, 6.45) is 3.25. The molecule has 0 aliphatic rings. The molecule has 1 unspecified atom stereocenters. The minimum Gasteiger partial charge on any atom is -0.481 e. The number of nitrogens with one attached hydrogen (secondary N) is 2. The maximum atomic E-state index is 12.1. The van der Waals surface area contributed by atoms with E-state index in [4.69, 9.17) is 5.11 Å². The molecule has 0 saturated carbocycles. The van der Waals surface area contributed by atoms with Gasteiger partial charge in [-0.25, -0.2) is 4.79 Å². The molecule has 1 aromatic rings. The van der Waals surface area contributed by atoms with Crippen LogP contribution < -0.4 is 5.32 Å². The average Bonchev–Trinajstić information content (AvgIpc) is 2.78. The molecule has 0 bridgehead atoms. The van der Waals surface area contributed by atoms with Crippen LogP contribution in [0, 0.1) is 5.41 Å². The van der Waals surface area contributed by atoms with E-state index in [9.17, 15) is 9.59 Å².